The van der Waals surface area contributed by atoms with Crippen LogP contribution in [0.1, 0.15) is 20.8 Å². The van der Waals surface area contributed by atoms with Crippen LogP contribution < -0.4 is 10.6 Å². The number of carboxylic acid groups (broad SMARTS) is 2. The monoisotopic (exact) mass is 364 g/mol. The van der Waals surface area contributed by atoms with Crippen LogP contribution in [0.15, 0.2) is 0 Å². The van der Waals surface area contributed by atoms with Gasteiger partial charge in [0.1, 0.15) is 30.6 Å². The van der Waals surface area contributed by atoms with E-state index in [4.69, 9.17) is 19.7 Å². The molecule has 0 saturated carbocycles. The van der Waals surface area contributed by atoms with E-state index in [1.165, 1.54) is 20.8 Å². The second kappa shape index (κ2) is 9.06. The maximum atomic E-state index is 11.5. The van der Waals surface area contributed by atoms with E-state index in [0.29, 0.717) is 0 Å². The predicted octanol–water partition coefficient (Wildman–Crippen LogP) is -2.51. The summed E-state index contributed by atoms with van der Waals surface area (Å²) in [6, 6.07) is -2.16. The van der Waals surface area contributed by atoms with Crippen molar-refractivity contribution in [2.24, 2.45) is 0 Å². The molecule has 0 aromatic carbocycles. The lowest BCUT2D eigenvalue weighted by Gasteiger charge is -2.45. The molecule has 6 N–H and O–H groups in total. The molecule has 1 aliphatic heterocycles. The average molecular weight is 364 g/mol. The molecule has 1 fully saturated rings. The summed E-state index contributed by atoms with van der Waals surface area (Å²) < 4.78 is 10.8. The van der Waals surface area contributed by atoms with E-state index in [2.05, 4.69) is 10.6 Å². The summed E-state index contributed by atoms with van der Waals surface area (Å²) in [6.07, 6.45) is -6.30. The third-order valence-electron chi connectivity index (χ3n) is 3.76. The summed E-state index contributed by atoms with van der Waals surface area (Å²) in [7, 11) is 0. The number of rotatable bonds is 8. The van der Waals surface area contributed by atoms with Crippen LogP contribution in [0.3, 0.4) is 0 Å². The van der Waals surface area contributed by atoms with Crippen molar-refractivity contribution < 1.29 is 44.3 Å². The van der Waals surface area contributed by atoms with Crippen LogP contribution >= 0.6 is 0 Å². The van der Waals surface area contributed by atoms with E-state index in [9.17, 15) is 24.6 Å². The van der Waals surface area contributed by atoms with Crippen molar-refractivity contribution in [1.29, 1.82) is 0 Å². The highest BCUT2D eigenvalue weighted by atomic mass is 16.6. The Balaban J connectivity index is 3.12. The second-order valence-corrected chi connectivity index (χ2v) is 5.80. The highest BCUT2D eigenvalue weighted by Crippen LogP contribution is 2.24. The van der Waals surface area contributed by atoms with Crippen LogP contribution in [0.4, 0.5) is 0 Å². The molecule has 1 aliphatic rings. The molecule has 0 aromatic heterocycles. The van der Waals surface area contributed by atoms with Crippen molar-refractivity contribution in [1.82, 2.24) is 10.6 Å². The molecular weight excluding hydrogens is 340 g/mol. The van der Waals surface area contributed by atoms with Crippen LogP contribution in [0.5, 0.6) is 0 Å². The zero-order valence-corrected chi connectivity index (χ0v) is 14.1. The number of aliphatic carboxylic acids is 2. The molecule has 0 spiro atoms. The summed E-state index contributed by atoms with van der Waals surface area (Å²) in [5, 5.41) is 42.8. The van der Waals surface area contributed by atoms with Gasteiger partial charge in [0.2, 0.25) is 5.91 Å². The number of ether oxygens (including phenoxy) is 2. The summed E-state index contributed by atoms with van der Waals surface area (Å²) in [6.45, 7) is 3.16. The number of aliphatic hydroxyl groups excluding tert-OH is 2. The van der Waals surface area contributed by atoms with Crippen molar-refractivity contribution in [2.75, 3.05) is 6.61 Å². The summed E-state index contributed by atoms with van der Waals surface area (Å²) in [5.41, 5.74) is 0. The largest absolute Gasteiger partial charge is 0.480 e. The Morgan fingerprint density at radius 1 is 1.20 bits per heavy atom. The van der Waals surface area contributed by atoms with E-state index in [1.807, 2.05) is 0 Å². The topological polar surface area (TPSA) is 175 Å². The number of carbonyl (C=O) groups excluding carboxylic acids is 1. The fourth-order valence-electron chi connectivity index (χ4n) is 2.41. The molecule has 1 saturated heterocycles. The molecule has 1 heterocycles. The molecule has 11 nitrogen and oxygen atoms in total. The number of carbonyl (C=O) groups is 3. The van der Waals surface area contributed by atoms with Crippen LogP contribution in [0, 0.1) is 0 Å². The van der Waals surface area contributed by atoms with Crippen molar-refractivity contribution in [3.05, 3.63) is 0 Å². The Morgan fingerprint density at radius 3 is 2.24 bits per heavy atom. The maximum Gasteiger partial charge on any atom is 0.332 e. The van der Waals surface area contributed by atoms with E-state index in [1.54, 1.807) is 0 Å². The standard InChI is InChI=1S/C14H24N2O9/c1-5(13(20)21)15-12-9(16-7(3)18)11(24-6(2)14(22)23)10(19)8(4-17)25-12/h5-6,8-12,15,17,19H,4H2,1-3H3,(H,16,18)(H,20,21)(H,22,23)/t5-,6+,8+,9+,10+,11+,12?/m0/s1. The van der Waals surface area contributed by atoms with Crippen LogP contribution in [0.25, 0.3) is 0 Å². The SMILES string of the molecule is CC(=O)N[C@H]1C(N[C@@H](C)C(=O)O)O[C@H](CO)[C@@H](O)[C@@H]1O[C@H](C)C(=O)O. The predicted molar refractivity (Wildman–Crippen MR) is 81.6 cm³/mol. The van der Waals surface area contributed by atoms with Gasteiger partial charge < -0.3 is 35.2 Å². The van der Waals surface area contributed by atoms with E-state index in [0.717, 1.165) is 0 Å². The quantitative estimate of drug-likeness (QED) is 0.270. The summed E-state index contributed by atoms with van der Waals surface area (Å²) in [5.74, 6) is -2.99. The number of aliphatic hydroxyl groups is 2. The zero-order chi connectivity index (χ0) is 19.3. The molecule has 0 aromatic rings. The van der Waals surface area contributed by atoms with Gasteiger partial charge in [-0.15, -0.1) is 0 Å². The number of hydrogen-bond acceptors (Lipinski definition) is 8. The van der Waals surface area contributed by atoms with E-state index >= 15 is 0 Å². The van der Waals surface area contributed by atoms with Gasteiger partial charge in [-0.1, -0.05) is 0 Å². The Labute approximate surface area is 143 Å². The van der Waals surface area contributed by atoms with Crippen LogP contribution in [0.2, 0.25) is 0 Å². The van der Waals surface area contributed by atoms with Gasteiger partial charge in [0.05, 0.1) is 12.6 Å². The molecule has 0 radical (unpaired) electrons. The molecule has 1 amide bonds. The Kier molecular flexibility index (Phi) is 7.70. The number of hydrogen-bond donors (Lipinski definition) is 6. The Bertz CT molecular complexity index is 501. The van der Waals surface area contributed by atoms with Crippen molar-refractivity contribution >= 4 is 17.8 Å². The fourth-order valence-corrected chi connectivity index (χ4v) is 2.41. The minimum Gasteiger partial charge on any atom is -0.480 e. The molecule has 25 heavy (non-hydrogen) atoms. The lowest BCUT2D eigenvalue weighted by Crippen LogP contribution is -2.69. The van der Waals surface area contributed by atoms with Gasteiger partial charge in [-0.05, 0) is 13.8 Å². The first kappa shape index (κ1) is 21.3. The molecule has 11 heteroatoms. The van der Waals surface area contributed by atoms with Gasteiger partial charge in [0.15, 0.2) is 6.10 Å². The van der Waals surface area contributed by atoms with Gasteiger partial charge in [-0.2, -0.15) is 0 Å². The number of carboxylic acids is 2. The number of nitrogens with one attached hydrogen (secondary N) is 2. The van der Waals surface area contributed by atoms with Crippen molar-refractivity contribution in [3.63, 3.8) is 0 Å². The molecular formula is C14H24N2O9. The van der Waals surface area contributed by atoms with Crippen LogP contribution in [-0.2, 0) is 23.9 Å². The van der Waals surface area contributed by atoms with Gasteiger partial charge >= 0.3 is 11.9 Å². The van der Waals surface area contributed by atoms with Gasteiger partial charge in [0.25, 0.3) is 0 Å². The molecule has 0 bridgehead atoms. The average Bonchev–Trinajstić information content (AvgIpc) is 2.52. The number of amides is 1. The van der Waals surface area contributed by atoms with Crippen molar-refractivity contribution in [3.8, 4) is 0 Å². The van der Waals surface area contributed by atoms with E-state index in [-0.39, 0.29) is 0 Å². The first-order valence-electron chi connectivity index (χ1n) is 7.67. The molecule has 7 atom stereocenters. The van der Waals surface area contributed by atoms with E-state index < -0.39 is 67.2 Å². The van der Waals surface area contributed by atoms with Gasteiger partial charge in [-0.3, -0.25) is 14.9 Å². The first-order chi connectivity index (χ1) is 11.6. The highest BCUT2D eigenvalue weighted by Gasteiger charge is 2.47. The molecule has 144 valence electrons. The van der Waals surface area contributed by atoms with Crippen LogP contribution in [-0.4, -0.2) is 87.6 Å². The zero-order valence-electron chi connectivity index (χ0n) is 14.1. The third kappa shape index (κ3) is 5.61. The molecule has 1 unspecified atom stereocenters. The first-order valence-corrected chi connectivity index (χ1v) is 7.67. The lowest BCUT2D eigenvalue weighted by molar-refractivity contribution is -0.226. The minimum atomic E-state index is -1.44. The Hall–Kier alpha value is -1.79. The summed E-state index contributed by atoms with van der Waals surface area (Å²) >= 11 is 0. The normalized spacial score (nSPS) is 31.8. The van der Waals surface area contributed by atoms with Crippen molar-refractivity contribution in [2.45, 2.75) is 63.5 Å². The Morgan fingerprint density at radius 2 is 1.80 bits per heavy atom. The summed E-state index contributed by atoms with van der Waals surface area (Å²) in [4.78, 5) is 33.6. The molecule has 1 rings (SSSR count). The minimum absolute atomic E-state index is 0.519. The second-order valence-electron chi connectivity index (χ2n) is 5.80. The lowest BCUT2D eigenvalue weighted by atomic mass is 9.95. The smallest absolute Gasteiger partial charge is 0.332 e. The maximum absolute atomic E-state index is 11.5. The van der Waals surface area contributed by atoms with Gasteiger partial charge in [0, 0.05) is 6.92 Å². The highest BCUT2D eigenvalue weighted by molar-refractivity contribution is 5.74. The van der Waals surface area contributed by atoms with Gasteiger partial charge in [-0.25, -0.2) is 4.79 Å². The third-order valence-corrected chi connectivity index (χ3v) is 3.76. The fraction of sp³-hybridized carbons (Fsp3) is 0.786. The molecule has 0 aliphatic carbocycles.